The van der Waals surface area contributed by atoms with Crippen LogP contribution in [0.25, 0.3) is 0 Å². The van der Waals surface area contributed by atoms with Gasteiger partial charge in [0, 0.05) is 10.9 Å². The number of halogens is 5. The van der Waals surface area contributed by atoms with Gasteiger partial charge in [-0.15, -0.1) is 0 Å². The monoisotopic (exact) mass is 362 g/mol. The maximum atomic E-state index is 13.2. The minimum Gasteiger partial charge on any atom is -0.388 e. The van der Waals surface area contributed by atoms with Crippen molar-refractivity contribution in [3.8, 4) is 0 Å². The third-order valence-corrected chi connectivity index (χ3v) is 3.75. The molecule has 0 saturated carbocycles. The minimum atomic E-state index is -4.39. The van der Waals surface area contributed by atoms with Gasteiger partial charge in [0.15, 0.2) is 0 Å². The molecule has 0 aromatic heterocycles. The number of hydrogen-bond acceptors (Lipinski definition) is 1. The summed E-state index contributed by atoms with van der Waals surface area (Å²) in [7, 11) is 0. The van der Waals surface area contributed by atoms with Crippen LogP contribution in [0.15, 0.2) is 46.9 Å². The normalized spacial score (nSPS) is 13.2. The van der Waals surface area contributed by atoms with Crippen LogP contribution in [-0.2, 0) is 12.6 Å². The SMILES string of the molecule is OC(Cc1ccc(C(F)(F)F)cc1)c1cc(F)ccc1Br. The van der Waals surface area contributed by atoms with Gasteiger partial charge in [0.1, 0.15) is 5.82 Å². The lowest BCUT2D eigenvalue weighted by Gasteiger charge is -2.14. The zero-order valence-corrected chi connectivity index (χ0v) is 12.2. The smallest absolute Gasteiger partial charge is 0.388 e. The lowest BCUT2D eigenvalue weighted by molar-refractivity contribution is -0.137. The number of hydrogen-bond donors (Lipinski definition) is 1. The first kappa shape index (κ1) is 16.0. The Morgan fingerprint density at radius 3 is 2.24 bits per heavy atom. The molecule has 1 N–H and O–H groups in total. The van der Waals surface area contributed by atoms with Crippen LogP contribution in [0.5, 0.6) is 0 Å². The van der Waals surface area contributed by atoms with Crippen LogP contribution in [0.2, 0.25) is 0 Å². The summed E-state index contributed by atoms with van der Waals surface area (Å²) in [5, 5.41) is 10.1. The van der Waals surface area contributed by atoms with Gasteiger partial charge in [-0.3, -0.25) is 0 Å². The Labute approximate surface area is 127 Å². The summed E-state index contributed by atoms with van der Waals surface area (Å²) in [6.07, 6.45) is -5.30. The maximum absolute atomic E-state index is 13.2. The molecule has 21 heavy (non-hydrogen) atoms. The van der Waals surface area contributed by atoms with Gasteiger partial charge in [-0.2, -0.15) is 13.2 Å². The second-order valence-corrected chi connectivity index (χ2v) is 5.43. The van der Waals surface area contributed by atoms with Gasteiger partial charge in [0.2, 0.25) is 0 Å². The summed E-state index contributed by atoms with van der Waals surface area (Å²) in [6.45, 7) is 0. The molecule has 1 unspecified atom stereocenters. The van der Waals surface area contributed by atoms with Crippen molar-refractivity contribution in [2.24, 2.45) is 0 Å². The van der Waals surface area contributed by atoms with Gasteiger partial charge in [-0.05, 0) is 41.5 Å². The predicted octanol–water partition coefficient (Wildman–Crippen LogP) is 4.88. The molecule has 0 saturated heterocycles. The van der Waals surface area contributed by atoms with E-state index in [9.17, 15) is 22.7 Å². The highest BCUT2D eigenvalue weighted by atomic mass is 79.9. The molecule has 0 spiro atoms. The Bertz CT molecular complexity index is 623. The van der Waals surface area contributed by atoms with E-state index in [-0.39, 0.29) is 6.42 Å². The van der Waals surface area contributed by atoms with E-state index in [1.807, 2.05) is 0 Å². The van der Waals surface area contributed by atoms with E-state index >= 15 is 0 Å². The van der Waals surface area contributed by atoms with Crippen molar-refractivity contribution in [3.05, 3.63) is 69.4 Å². The van der Waals surface area contributed by atoms with Crippen molar-refractivity contribution >= 4 is 15.9 Å². The van der Waals surface area contributed by atoms with Gasteiger partial charge < -0.3 is 5.11 Å². The van der Waals surface area contributed by atoms with Gasteiger partial charge >= 0.3 is 6.18 Å². The molecule has 1 nitrogen and oxygen atoms in total. The second kappa shape index (κ2) is 6.15. The van der Waals surface area contributed by atoms with Crippen LogP contribution in [0.4, 0.5) is 17.6 Å². The van der Waals surface area contributed by atoms with Crippen LogP contribution in [0.1, 0.15) is 22.8 Å². The maximum Gasteiger partial charge on any atom is 0.416 e. The molecule has 0 aliphatic heterocycles. The second-order valence-electron chi connectivity index (χ2n) is 4.58. The van der Waals surface area contributed by atoms with E-state index in [1.54, 1.807) is 0 Å². The molecular weight excluding hydrogens is 352 g/mol. The molecule has 112 valence electrons. The summed E-state index contributed by atoms with van der Waals surface area (Å²) < 4.78 is 51.1. The van der Waals surface area contributed by atoms with E-state index in [4.69, 9.17) is 0 Å². The zero-order valence-electron chi connectivity index (χ0n) is 10.7. The first-order valence-corrected chi connectivity index (χ1v) is 6.86. The van der Waals surface area contributed by atoms with Gasteiger partial charge in [0.05, 0.1) is 11.7 Å². The average Bonchev–Trinajstić information content (AvgIpc) is 2.41. The number of alkyl halides is 3. The van der Waals surface area contributed by atoms with Crippen molar-refractivity contribution in [3.63, 3.8) is 0 Å². The van der Waals surface area contributed by atoms with Crippen LogP contribution < -0.4 is 0 Å². The Balaban J connectivity index is 2.16. The number of aliphatic hydroxyl groups is 1. The molecule has 0 aliphatic rings. The van der Waals surface area contributed by atoms with Crippen molar-refractivity contribution in [1.29, 1.82) is 0 Å². The summed E-state index contributed by atoms with van der Waals surface area (Å²) >= 11 is 3.21. The minimum absolute atomic E-state index is 0.0974. The standard InChI is InChI=1S/C15H11BrF4O/c16-13-6-5-11(17)8-12(13)14(21)7-9-1-3-10(4-2-9)15(18,19)20/h1-6,8,14,21H,7H2. The number of aliphatic hydroxyl groups excluding tert-OH is 1. The fraction of sp³-hybridized carbons (Fsp3) is 0.200. The first-order valence-electron chi connectivity index (χ1n) is 6.06. The molecule has 0 bridgehead atoms. The predicted molar refractivity (Wildman–Crippen MR) is 74.2 cm³/mol. The van der Waals surface area contributed by atoms with Crippen molar-refractivity contribution < 1.29 is 22.7 Å². The third-order valence-electron chi connectivity index (χ3n) is 3.03. The van der Waals surface area contributed by atoms with E-state index in [0.717, 1.165) is 12.1 Å². The lowest BCUT2D eigenvalue weighted by atomic mass is 10.0. The topological polar surface area (TPSA) is 20.2 Å². The molecule has 0 radical (unpaired) electrons. The molecule has 6 heteroatoms. The van der Waals surface area contributed by atoms with Crippen LogP contribution >= 0.6 is 15.9 Å². The highest BCUT2D eigenvalue weighted by Crippen LogP contribution is 2.31. The first-order chi connectivity index (χ1) is 9.77. The van der Waals surface area contributed by atoms with E-state index in [0.29, 0.717) is 15.6 Å². The fourth-order valence-electron chi connectivity index (χ4n) is 1.93. The molecule has 0 aliphatic carbocycles. The van der Waals surface area contributed by atoms with Crippen LogP contribution in [-0.4, -0.2) is 5.11 Å². The highest BCUT2D eigenvalue weighted by Gasteiger charge is 2.30. The molecule has 2 aromatic rings. The third kappa shape index (κ3) is 4.04. The molecule has 2 aromatic carbocycles. The summed E-state index contributed by atoms with van der Waals surface area (Å²) in [4.78, 5) is 0. The Morgan fingerprint density at radius 1 is 1.05 bits per heavy atom. The fourth-order valence-corrected chi connectivity index (χ4v) is 2.44. The quantitative estimate of drug-likeness (QED) is 0.771. The van der Waals surface area contributed by atoms with Gasteiger partial charge in [0.25, 0.3) is 0 Å². The largest absolute Gasteiger partial charge is 0.416 e. The van der Waals surface area contributed by atoms with Crippen LogP contribution in [0.3, 0.4) is 0 Å². The molecule has 1 atom stereocenters. The molecule has 2 rings (SSSR count). The zero-order chi connectivity index (χ0) is 15.6. The summed E-state index contributed by atoms with van der Waals surface area (Å²) in [5.74, 6) is -0.486. The van der Waals surface area contributed by atoms with Crippen LogP contribution in [0, 0.1) is 5.82 Å². The molecule has 0 fully saturated rings. The molecule has 0 heterocycles. The van der Waals surface area contributed by atoms with Crippen molar-refractivity contribution in [1.82, 2.24) is 0 Å². The summed E-state index contributed by atoms with van der Waals surface area (Å²) in [5.41, 5.74) is 0.147. The Hall–Kier alpha value is -1.40. The van der Waals surface area contributed by atoms with Gasteiger partial charge in [-0.1, -0.05) is 28.1 Å². The Kier molecular flexibility index (Phi) is 4.68. The van der Waals surface area contributed by atoms with E-state index < -0.39 is 23.7 Å². The molecular formula is C15H11BrF4O. The van der Waals surface area contributed by atoms with Gasteiger partial charge in [-0.25, -0.2) is 4.39 Å². The number of rotatable bonds is 3. The average molecular weight is 363 g/mol. The summed E-state index contributed by atoms with van der Waals surface area (Å²) in [6, 6.07) is 8.45. The highest BCUT2D eigenvalue weighted by molar-refractivity contribution is 9.10. The van der Waals surface area contributed by atoms with Crippen molar-refractivity contribution in [2.75, 3.05) is 0 Å². The lowest BCUT2D eigenvalue weighted by Crippen LogP contribution is -2.06. The van der Waals surface area contributed by atoms with E-state index in [1.165, 1.54) is 30.3 Å². The number of benzene rings is 2. The van der Waals surface area contributed by atoms with E-state index in [2.05, 4.69) is 15.9 Å². The Morgan fingerprint density at radius 2 is 1.67 bits per heavy atom. The molecule has 0 amide bonds. The van der Waals surface area contributed by atoms with Crippen molar-refractivity contribution in [2.45, 2.75) is 18.7 Å².